The molecule has 0 spiro atoms. The minimum absolute atomic E-state index is 0.131. The average Bonchev–Trinajstić information content (AvgIpc) is 2.37. The Bertz CT molecular complexity index is 630. The normalized spacial score (nSPS) is 10.6. The first-order valence-electron chi connectivity index (χ1n) is 6.30. The van der Waals surface area contributed by atoms with Crippen molar-refractivity contribution >= 4 is 28.4 Å². The van der Waals surface area contributed by atoms with Gasteiger partial charge < -0.3 is 0 Å². The van der Waals surface area contributed by atoms with Crippen molar-refractivity contribution in [2.45, 2.75) is 27.7 Å². The first-order chi connectivity index (χ1) is 8.93. The lowest BCUT2D eigenvalue weighted by atomic mass is 9.89. The second-order valence-electron chi connectivity index (χ2n) is 4.94. The van der Waals surface area contributed by atoms with E-state index in [0.717, 1.165) is 25.8 Å². The van der Waals surface area contributed by atoms with Crippen molar-refractivity contribution in [1.82, 2.24) is 0 Å². The third-order valence-electron chi connectivity index (χ3n) is 3.71. The Balaban J connectivity index is 2.67. The number of aryl methyl sites for hydroxylation is 2. The largest absolute Gasteiger partial charge is 0.289 e. The van der Waals surface area contributed by atoms with Crippen molar-refractivity contribution in [1.29, 1.82) is 0 Å². The summed E-state index contributed by atoms with van der Waals surface area (Å²) in [6.07, 6.45) is 0. The van der Waals surface area contributed by atoms with Crippen LogP contribution in [-0.4, -0.2) is 5.78 Å². The molecule has 0 unspecified atom stereocenters. The fraction of sp³-hybridized carbons (Fsp3) is 0.235. The number of ketones is 1. The summed E-state index contributed by atoms with van der Waals surface area (Å²) in [4.78, 5) is 12.8. The quantitative estimate of drug-likeness (QED) is 0.555. The molecule has 0 saturated carbocycles. The van der Waals surface area contributed by atoms with E-state index in [1.807, 2.05) is 38.1 Å². The molecule has 0 fully saturated rings. The highest BCUT2D eigenvalue weighted by Gasteiger charge is 2.18. The Hall–Kier alpha value is -1.16. The van der Waals surface area contributed by atoms with E-state index in [0.29, 0.717) is 0 Å². The molecule has 1 nitrogen and oxygen atoms in total. The van der Waals surface area contributed by atoms with E-state index >= 15 is 0 Å². The average molecular weight is 364 g/mol. The number of halogens is 1. The van der Waals surface area contributed by atoms with Gasteiger partial charge in [0.2, 0.25) is 0 Å². The Morgan fingerprint density at radius 1 is 0.947 bits per heavy atom. The van der Waals surface area contributed by atoms with Gasteiger partial charge in [-0.15, -0.1) is 0 Å². The molecule has 2 rings (SSSR count). The van der Waals surface area contributed by atoms with E-state index in [2.05, 4.69) is 42.5 Å². The van der Waals surface area contributed by atoms with Crippen molar-refractivity contribution in [3.05, 3.63) is 67.3 Å². The van der Waals surface area contributed by atoms with Crippen LogP contribution in [-0.2, 0) is 0 Å². The molecule has 0 aliphatic rings. The summed E-state index contributed by atoms with van der Waals surface area (Å²) in [6.45, 7) is 8.19. The zero-order valence-electron chi connectivity index (χ0n) is 11.7. The minimum atomic E-state index is 0.131. The molecule has 0 saturated heterocycles. The van der Waals surface area contributed by atoms with Gasteiger partial charge in [0, 0.05) is 14.7 Å². The van der Waals surface area contributed by atoms with Crippen molar-refractivity contribution in [2.75, 3.05) is 0 Å². The van der Waals surface area contributed by atoms with Crippen molar-refractivity contribution in [3.8, 4) is 0 Å². The van der Waals surface area contributed by atoms with Gasteiger partial charge in [-0.1, -0.05) is 18.2 Å². The number of benzene rings is 2. The van der Waals surface area contributed by atoms with Crippen LogP contribution in [0.25, 0.3) is 0 Å². The Kier molecular flexibility index (Phi) is 4.09. The Morgan fingerprint density at radius 2 is 1.47 bits per heavy atom. The van der Waals surface area contributed by atoms with Crippen LogP contribution < -0.4 is 0 Å². The molecule has 0 aromatic heterocycles. The second-order valence-corrected chi connectivity index (χ2v) is 6.11. The summed E-state index contributed by atoms with van der Waals surface area (Å²) < 4.78 is 1.00. The van der Waals surface area contributed by atoms with Gasteiger partial charge in [0.1, 0.15) is 0 Å². The first kappa shape index (κ1) is 14.3. The topological polar surface area (TPSA) is 17.1 Å². The summed E-state index contributed by atoms with van der Waals surface area (Å²) >= 11 is 2.22. The van der Waals surface area contributed by atoms with Gasteiger partial charge in [0.05, 0.1) is 0 Å². The molecular formula is C17H17IO. The van der Waals surface area contributed by atoms with Crippen LogP contribution in [0.5, 0.6) is 0 Å². The van der Waals surface area contributed by atoms with E-state index in [-0.39, 0.29) is 5.78 Å². The maximum absolute atomic E-state index is 12.8. The van der Waals surface area contributed by atoms with E-state index in [4.69, 9.17) is 0 Å². The predicted octanol–water partition coefficient (Wildman–Crippen LogP) is 4.76. The molecule has 19 heavy (non-hydrogen) atoms. The van der Waals surface area contributed by atoms with Gasteiger partial charge in [0.25, 0.3) is 0 Å². The highest BCUT2D eigenvalue weighted by Crippen LogP contribution is 2.25. The molecule has 98 valence electrons. The van der Waals surface area contributed by atoms with Crippen LogP contribution in [0, 0.1) is 31.3 Å². The van der Waals surface area contributed by atoms with Crippen LogP contribution in [0.4, 0.5) is 0 Å². The number of carbonyl (C=O) groups excluding carboxylic acids is 1. The molecule has 0 bridgehead atoms. The zero-order chi connectivity index (χ0) is 14.2. The summed E-state index contributed by atoms with van der Waals surface area (Å²) in [5, 5.41) is 0. The standard InChI is InChI=1S/C17H17IO/c1-10-9-11(2)13(4)16(12(10)3)17(19)14-7-5-6-8-15(14)18/h5-9H,1-4H3. The van der Waals surface area contributed by atoms with E-state index in [9.17, 15) is 4.79 Å². The van der Waals surface area contributed by atoms with Crippen LogP contribution in [0.15, 0.2) is 30.3 Å². The van der Waals surface area contributed by atoms with Gasteiger partial charge in [0.15, 0.2) is 5.78 Å². The van der Waals surface area contributed by atoms with E-state index < -0.39 is 0 Å². The fourth-order valence-electron chi connectivity index (χ4n) is 2.34. The van der Waals surface area contributed by atoms with Crippen LogP contribution in [0.2, 0.25) is 0 Å². The van der Waals surface area contributed by atoms with E-state index in [1.165, 1.54) is 11.1 Å². The summed E-state index contributed by atoms with van der Waals surface area (Å²) in [5.74, 6) is 0.131. The molecule has 2 aromatic rings. The minimum Gasteiger partial charge on any atom is -0.289 e. The molecule has 0 radical (unpaired) electrons. The van der Waals surface area contributed by atoms with Crippen molar-refractivity contribution in [2.24, 2.45) is 0 Å². The van der Waals surface area contributed by atoms with Gasteiger partial charge in [-0.2, -0.15) is 0 Å². The smallest absolute Gasteiger partial charge is 0.194 e. The third kappa shape index (κ3) is 2.59. The Labute approximate surface area is 128 Å². The van der Waals surface area contributed by atoms with Crippen LogP contribution >= 0.6 is 22.6 Å². The molecule has 2 aromatic carbocycles. The number of hydrogen-bond donors (Lipinski definition) is 0. The number of hydrogen-bond acceptors (Lipinski definition) is 1. The van der Waals surface area contributed by atoms with Gasteiger partial charge in [-0.3, -0.25) is 4.79 Å². The number of carbonyl (C=O) groups is 1. The molecule has 2 heteroatoms. The maximum Gasteiger partial charge on any atom is 0.194 e. The molecule has 0 amide bonds. The molecule has 0 aliphatic carbocycles. The van der Waals surface area contributed by atoms with Gasteiger partial charge >= 0.3 is 0 Å². The lowest BCUT2D eigenvalue weighted by molar-refractivity contribution is 0.103. The predicted molar refractivity (Wildman–Crippen MR) is 88.0 cm³/mol. The molecular weight excluding hydrogens is 347 g/mol. The molecule has 0 N–H and O–H groups in total. The Morgan fingerprint density at radius 3 is 2.00 bits per heavy atom. The van der Waals surface area contributed by atoms with Crippen LogP contribution in [0.3, 0.4) is 0 Å². The summed E-state index contributed by atoms with van der Waals surface area (Å²) in [6, 6.07) is 9.90. The number of rotatable bonds is 2. The van der Waals surface area contributed by atoms with Gasteiger partial charge in [-0.05, 0) is 84.7 Å². The summed E-state index contributed by atoms with van der Waals surface area (Å²) in [5.41, 5.74) is 6.19. The zero-order valence-corrected chi connectivity index (χ0v) is 13.8. The van der Waals surface area contributed by atoms with E-state index in [1.54, 1.807) is 0 Å². The van der Waals surface area contributed by atoms with Crippen molar-refractivity contribution < 1.29 is 4.79 Å². The van der Waals surface area contributed by atoms with Crippen LogP contribution in [0.1, 0.15) is 38.2 Å². The monoisotopic (exact) mass is 364 g/mol. The molecule has 0 atom stereocenters. The molecule has 0 aliphatic heterocycles. The lowest BCUT2D eigenvalue weighted by Gasteiger charge is -2.15. The van der Waals surface area contributed by atoms with Gasteiger partial charge in [-0.25, -0.2) is 0 Å². The van der Waals surface area contributed by atoms with Crippen molar-refractivity contribution in [3.63, 3.8) is 0 Å². The highest BCUT2D eigenvalue weighted by molar-refractivity contribution is 14.1. The third-order valence-corrected chi connectivity index (χ3v) is 4.65. The highest BCUT2D eigenvalue weighted by atomic mass is 127. The maximum atomic E-state index is 12.8. The lowest BCUT2D eigenvalue weighted by Crippen LogP contribution is -2.10. The fourth-order valence-corrected chi connectivity index (χ4v) is 2.97. The molecule has 0 heterocycles. The summed E-state index contributed by atoms with van der Waals surface area (Å²) in [7, 11) is 0. The first-order valence-corrected chi connectivity index (χ1v) is 7.38. The second kappa shape index (κ2) is 5.45. The SMILES string of the molecule is Cc1cc(C)c(C)c(C(=O)c2ccccc2I)c1C.